The number of carbonyl (C=O) groups excluding carboxylic acids is 1. The third kappa shape index (κ3) is 4.54. The maximum atomic E-state index is 12.6. The topological polar surface area (TPSA) is 99.8 Å². The molecule has 1 saturated heterocycles. The summed E-state index contributed by atoms with van der Waals surface area (Å²) in [6.07, 6.45) is 2.21. The molecule has 0 radical (unpaired) electrons. The van der Waals surface area contributed by atoms with Crippen LogP contribution in [0.15, 0.2) is 29.4 Å². The van der Waals surface area contributed by atoms with Crippen molar-refractivity contribution in [2.75, 3.05) is 17.7 Å². The minimum atomic E-state index is -0.124. The third-order valence-corrected chi connectivity index (χ3v) is 6.02. The Labute approximate surface area is 179 Å². The number of benzene rings is 1. The first-order valence-electron chi connectivity index (χ1n) is 9.95. The molecule has 1 amide bonds. The molecule has 3 heterocycles. The van der Waals surface area contributed by atoms with Crippen molar-refractivity contribution in [2.24, 2.45) is 0 Å². The second-order valence-electron chi connectivity index (χ2n) is 7.41. The van der Waals surface area contributed by atoms with Gasteiger partial charge in [0.2, 0.25) is 11.1 Å². The Balaban J connectivity index is 1.39. The first kappa shape index (κ1) is 20.5. The van der Waals surface area contributed by atoms with Crippen LogP contribution < -0.4 is 5.32 Å². The van der Waals surface area contributed by atoms with Crippen LogP contribution in [0.1, 0.15) is 29.8 Å². The van der Waals surface area contributed by atoms with E-state index in [4.69, 9.17) is 4.74 Å². The van der Waals surface area contributed by atoms with Crippen LogP contribution in [0.25, 0.3) is 5.69 Å². The lowest BCUT2D eigenvalue weighted by Gasteiger charge is -2.10. The predicted molar refractivity (Wildman–Crippen MR) is 114 cm³/mol. The zero-order chi connectivity index (χ0) is 21.1. The van der Waals surface area contributed by atoms with Gasteiger partial charge in [-0.15, -0.1) is 5.10 Å². The summed E-state index contributed by atoms with van der Waals surface area (Å²) in [5.74, 6) is 0.0850. The number of tetrazole rings is 1. The van der Waals surface area contributed by atoms with Crippen LogP contribution in [0.3, 0.4) is 0 Å². The molecule has 9 nitrogen and oxygen atoms in total. The van der Waals surface area contributed by atoms with Gasteiger partial charge in [0.25, 0.3) is 0 Å². The Morgan fingerprint density at radius 2 is 2.07 bits per heavy atom. The SMILES string of the molecule is Cc1ccc(-n2nc(C)c(NC(=O)CSc3nnnn3C[C@H]3CCCO3)c2C)cc1. The second kappa shape index (κ2) is 8.97. The van der Waals surface area contributed by atoms with Gasteiger partial charge in [-0.1, -0.05) is 29.5 Å². The molecule has 1 aromatic carbocycles. The first-order valence-corrected chi connectivity index (χ1v) is 10.9. The van der Waals surface area contributed by atoms with Crippen LogP contribution in [0, 0.1) is 20.8 Å². The summed E-state index contributed by atoms with van der Waals surface area (Å²) < 4.78 is 9.20. The number of thioether (sulfide) groups is 1. The van der Waals surface area contributed by atoms with Crippen molar-refractivity contribution in [3.8, 4) is 5.69 Å². The lowest BCUT2D eigenvalue weighted by molar-refractivity contribution is -0.113. The van der Waals surface area contributed by atoms with E-state index in [2.05, 4.69) is 25.9 Å². The minimum Gasteiger partial charge on any atom is -0.376 e. The van der Waals surface area contributed by atoms with Gasteiger partial charge >= 0.3 is 0 Å². The number of amides is 1. The number of hydrogen-bond donors (Lipinski definition) is 1. The van der Waals surface area contributed by atoms with Crippen molar-refractivity contribution in [1.29, 1.82) is 0 Å². The van der Waals surface area contributed by atoms with E-state index in [1.165, 1.54) is 17.3 Å². The number of nitrogens with zero attached hydrogens (tertiary/aromatic N) is 6. The Morgan fingerprint density at radius 3 is 2.80 bits per heavy atom. The molecular weight excluding hydrogens is 402 g/mol. The van der Waals surface area contributed by atoms with Crippen LogP contribution in [0.2, 0.25) is 0 Å². The van der Waals surface area contributed by atoms with Crippen LogP contribution in [-0.2, 0) is 16.1 Å². The molecule has 0 aliphatic carbocycles. The molecule has 1 fully saturated rings. The van der Waals surface area contributed by atoms with Crippen LogP contribution in [0.4, 0.5) is 5.69 Å². The van der Waals surface area contributed by atoms with E-state index in [0.29, 0.717) is 11.7 Å². The number of carbonyl (C=O) groups is 1. The van der Waals surface area contributed by atoms with Gasteiger partial charge in [0.05, 0.1) is 41.2 Å². The molecule has 4 rings (SSSR count). The molecule has 0 unspecified atom stereocenters. The van der Waals surface area contributed by atoms with Crippen molar-refractivity contribution in [1.82, 2.24) is 30.0 Å². The zero-order valence-corrected chi connectivity index (χ0v) is 18.1. The van der Waals surface area contributed by atoms with E-state index < -0.39 is 0 Å². The molecule has 1 N–H and O–H groups in total. The van der Waals surface area contributed by atoms with E-state index in [1.54, 1.807) is 4.68 Å². The summed E-state index contributed by atoms with van der Waals surface area (Å²) in [4.78, 5) is 12.6. The van der Waals surface area contributed by atoms with Crippen molar-refractivity contribution in [3.05, 3.63) is 41.2 Å². The van der Waals surface area contributed by atoms with Gasteiger partial charge in [-0.25, -0.2) is 9.36 Å². The largest absolute Gasteiger partial charge is 0.376 e. The fourth-order valence-electron chi connectivity index (χ4n) is 3.46. The van der Waals surface area contributed by atoms with Gasteiger partial charge in [0.1, 0.15) is 0 Å². The highest BCUT2D eigenvalue weighted by molar-refractivity contribution is 7.99. The van der Waals surface area contributed by atoms with E-state index in [0.717, 1.165) is 42.2 Å². The van der Waals surface area contributed by atoms with Crippen molar-refractivity contribution < 1.29 is 9.53 Å². The maximum absolute atomic E-state index is 12.6. The highest BCUT2D eigenvalue weighted by Gasteiger charge is 2.20. The summed E-state index contributed by atoms with van der Waals surface area (Å²) in [6.45, 7) is 7.28. The van der Waals surface area contributed by atoms with Gasteiger partial charge in [0.15, 0.2) is 0 Å². The predicted octanol–water partition coefficient (Wildman–Crippen LogP) is 2.69. The van der Waals surface area contributed by atoms with Gasteiger partial charge in [0, 0.05) is 6.61 Å². The Morgan fingerprint density at radius 1 is 1.27 bits per heavy atom. The minimum absolute atomic E-state index is 0.124. The molecule has 30 heavy (non-hydrogen) atoms. The van der Waals surface area contributed by atoms with Gasteiger partial charge in [-0.3, -0.25) is 4.79 Å². The highest BCUT2D eigenvalue weighted by Crippen LogP contribution is 2.24. The molecule has 0 bridgehead atoms. The van der Waals surface area contributed by atoms with Crippen molar-refractivity contribution in [3.63, 3.8) is 0 Å². The summed E-state index contributed by atoms with van der Waals surface area (Å²) in [5, 5.41) is 20.0. The maximum Gasteiger partial charge on any atom is 0.234 e. The van der Waals surface area contributed by atoms with Crippen LogP contribution in [0.5, 0.6) is 0 Å². The van der Waals surface area contributed by atoms with E-state index in [1.807, 2.05) is 49.7 Å². The monoisotopic (exact) mass is 427 g/mol. The fourth-order valence-corrected chi connectivity index (χ4v) is 4.15. The zero-order valence-electron chi connectivity index (χ0n) is 17.3. The number of nitrogens with one attached hydrogen (secondary N) is 1. The number of aromatic nitrogens is 6. The van der Waals surface area contributed by atoms with Crippen LogP contribution in [-0.4, -0.2) is 54.4 Å². The van der Waals surface area contributed by atoms with E-state index in [9.17, 15) is 4.79 Å². The molecule has 0 spiro atoms. The number of ether oxygens (including phenoxy) is 1. The molecule has 1 atom stereocenters. The summed E-state index contributed by atoms with van der Waals surface area (Å²) in [6, 6.07) is 8.12. The highest BCUT2D eigenvalue weighted by atomic mass is 32.2. The average molecular weight is 428 g/mol. The number of hydrogen-bond acceptors (Lipinski definition) is 7. The third-order valence-electron chi connectivity index (χ3n) is 5.07. The van der Waals surface area contributed by atoms with E-state index in [-0.39, 0.29) is 17.8 Å². The quantitative estimate of drug-likeness (QED) is 0.579. The first-order chi connectivity index (χ1) is 14.5. The van der Waals surface area contributed by atoms with Crippen molar-refractivity contribution in [2.45, 2.75) is 51.4 Å². The molecule has 2 aromatic heterocycles. The van der Waals surface area contributed by atoms with Gasteiger partial charge in [-0.2, -0.15) is 5.10 Å². The lowest BCUT2D eigenvalue weighted by atomic mass is 10.2. The summed E-state index contributed by atoms with van der Waals surface area (Å²) in [7, 11) is 0. The Hall–Kier alpha value is -2.72. The van der Waals surface area contributed by atoms with Crippen molar-refractivity contribution >= 4 is 23.4 Å². The van der Waals surface area contributed by atoms with Gasteiger partial charge in [-0.05, 0) is 56.2 Å². The van der Waals surface area contributed by atoms with E-state index >= 15 is 0 Å². The fraction of sp³-hybridized carbons (Fsp3) is 0.450. The van der Waals surface area contributed by atoms with Gasteiger partial charge < -0.3 is 10.1 Å². The summed E-state index contributed by atoms with van der Waals surface area (Å²) >= 11 is 1.31. The molecular formula is C20H25N7O2S. The molecule has 158 valence electrons. The van der Waals surface area contributed by atoms with Crippen LogP contribution >= 0.6 is 11.8 Å². The standard InChI is InChI=1S/C20H25N7O2S/c1-13-6-8-16(9-7-13)27-15(3)19(14(2)23-27)21-18(28)12-30-20-22-24-25-26(20)11-17-5-4-10-29-17/h6-9,17H,4-5,10-12H2,1-3H3,(H,21,28)/t17-/m1/s1. The average Bonchev–Trinajstić information content (AvgIpc) is 3.46. The molecule has 3 aromatic rings. The normalized spacial score (nSPS) is 16.2. The smallest absolute Gasteiger partial charge is 0.234 e. The Kier molecular flexibility index (Phi) is 6.14. The Bertz CT molecular complexity index is 1020. The molecule has 1 aliphatic heterocycles. The molecule has 10 heteroatoms. The number of anilines is 1. The number of rotatable bonds is 7. The molecule has 0 saturated carbocycles. The second-order valence-corrected chi connectivity index (χ2v) is 8.35. The summed E-state index contributed by atoms with van der Waals surface area (Å²) in [5.41, 5.74) is 4.55. The lowest BCUT2D eigenvalue weighted by Crippen LogP contribution is -2.18. The molecule has 1 aliphatic rings. The number of aryl methyl sites for hydroxylation is 2.